The largest absolute Gasteiger partial charge is 0.479 e. The number of quaternary nitrogens is 1. The Labute approximate surface area is 381 Å². The third-order valence-corrected chi connectivity index (χ3v) is 15.1. The lowest BCUT2D eigenvalue weighted by Gasteiger charge is -2.54. The van der Waals surface area contributed by atoms with Crippen LogP contribution in [-0.2, 0) is 52.3 Å². The second-order valence-electron chi connectivity index (χ2n) is 20.1. The summed E-state index contributed by atoms with van der Waals surface area (Å²) in [4.78, 5) is 40.7. The van der Waals surface area contributed by atoms with Crippen LogP contribution < -0.4 is 0 Å². The molecule has 9 N–H and O–H groups in total. The van der Waals surface area contributed by atoms with Crippen LogP contribution in [0.15, 0.2) is 0 Å². The first-order chi connectivity index (χ1) is 29.9. The van der Waals surface area contributed by atoms with Crippen molar-refractivity contribution in [2.75, 3.05) is 28.3 Å². The number of ketones is 1. The summed E-state index contributed by atoms with van der Waals surface area (Å²) in [6, 6.07) is -0.962. The second kappa shape index (κ2) is 20.9. The smallest absolute Gasteiger partial charge is 0.335 e. The SMILES string of the molecule is CCC1OC(=O)C(C)C(OC2OC(C)C(O)C(C)(OC)C2O)C(C)C(OC2OC(C)CC([N+](C)(C)C3OC(C(=O)O)C(O)C(O)C3O)C2O)C(C)(OC)CC(C)C(=O)C(C)C(O)C1(C)O. The number of hydrogen-bond acceptors (Lipinski definition) is 19. The summed E-state index contributed by atoms with van der Waals surface area (Å²) in [7, 11) is 5.77. The summed E-state index contributed by atoms with van der Waals surface area (Å²) >= 11 is 0. The summed E-state index contributed by atoms with van der Waals surface area (Å²) in [5, 5.41) is 100. The van der Waals surface area contributed by atoms with Gasteiger partial charge in [-0.25, -0.2) is 4.79 Å². The average Bonchev–Trinajstić information content (AvgIpc) is 3.25. The minimum atomic E-state index is -2.10. The van der Waals surface area contributed by atoms with Crippen molar-refractivity contribution in [2.45, 2.75) is 210 Å². The average molecular weight is 941 g/mol. The van der Waals surface area contributed by atoms with Crippen molar-refractivity contribution in [3.8, 4) is 0 Å². The fourth-order valence-corrected chi connectivity index (χ4v) is 10.5. The number of aliphatic hydroxyl groups is 8. The molecular weight excluding hydrogens is 862 g/mol. The maximum absolute atomic E-state index is 14.4. The van der Waals surface area contributed by atoms with Gasteiger partial charge >= 0.3 is 11.9 Å². The van der Waals surface area contributed by atoms with Crippen LogP contribution >= 0.6 is 0 Å². The van der Waals surface area contributed by atoms with Crippen molar-refractivity contribution in [2.24, 2.45) is 23.7 Å². The molecule has 0 saturated carbocycles. The molecule has 0 aliphatic carbocycles. The highest BCUT2D eigenvalue weighted by atomic mass is 16.7. The number of rotatable bonds is 10. The highest BCUT2D eigenvalue weighted by molar-refractivity contribution is 5.83. The highest BCUT2D eigenvalue weighted by Crippen LogP contribution is 2.43. The number of methoxy groups -OCH3 is 2. The number of carboxylic acids is 1. The monoisotopic (exact) mass is 941 g/mol. The van der Waals surface area contributed by atoms with Crippen LogP contribution in [0.2, 0.25) is 0 Å². The molecule has 24 unspecified atom stereocenters. The van der Waals surface area contributed by atoms with Gasteiger partial charge in [-0.3, -0.25) is 14.1 Å². The van der Waals surface area contributed by atoms with E-state index in [0.717, 1.165) is 0 Å². The number of esters is 1. The topological polar surface area (TPSA) is 307 Å². The van der Waals surface area contributed by atoms with Gasteiger partial charge in [0.1, 0.15) is 53.5 Å². The van der Waals surface area contributed by atoms with Crippen molar-refractivity contribution in [1.82, 2.24) is 0 Å². The van der Waals surface area contributed by atoms with Crippen LogP contribution in [0.5, 0.6) is 0 Å². The zero-order valence-electron chi connectivity index (χ0n) is 40.2. The van der Waals surface area contributed by atoms with Gasteiger partial charge in [0.2, 0.25) is 6.23 Å². The maximum Gasteiger partial charge on any atom is 0.335 e. The number of hydrogen-bond donors (Lipinski definition) is 9. The Bertz CT molecular complexity index is 1640. The van der Waals surface area contributed by atoms with Gasteiger partial charge in [-0.1, -0.05) is 27.7 Å². The Morgan fingerprint density at radius 3 is 1.91 bits per heavy atom. The number of carbonyl (C=O) groups is 3. The molecule has 0 aromatic heterocycles. The summed E-state index contributed by atoms with van der Waals surface area (Å²) < 4.78 is 48.9. The van der Waals surface area contributed by atoms with E-state index in [1.54, 1.807) is 55.6 Å². The van der Waals surface area contributed by atoms with Crippen molar-refractivity contribution in [3.05, 3.63) is 0 Å². The van der Waals surface area contributed by atoms with E-state index in [1.165, 1.54) is 41.9 Å². The number of ether oxygens (including phenoxy) is 8. The molecular formula is C44H78NO20+. The lowest BCUT2D eigenvalue weighted by molar-refractivity contribution is -0.971. The maximum atomic E-state index is 14.4. The lowest BCUT2D eigenvalue weighted by Crippen LogP contribution is -2.74. The van der Waals surface area contributed by atoms with Gasteiger partial charge in [0.25, 0.3) is 0 Å². The molecule has 4 aliphatic heterocycles. The predicted molar refractivity (Wildman–Crippen MR) is 225 cm³/mol. The van der Waals surface area contributed by atoms with Gasteiger partial charge in [0, 0.05) is 38.4 Å². The van der Waals surface area contributed by atoms with E-state index in [4.69, 9.17) is 37.9 Å². The molecule has 4 rings (SSSR count). The molecule has 378 valence electrons. The standard InChI is InChI=1S/C44H77NO20/c1-15-25-43(9,57)33(51)20(4)26(46)18(2)17-42(8,58-13)36(21(5)31(22(6)39(56)62-25)64-41-35(53)44(10,59-14)34(52)23(7)61-41)65-40-27(47)24(16-19(3)60-40)45(11,12)37-30(50)28(48)29(49)32(63-37)38(54)55/h18-25,27-37,40-41,47-53,57H,15-17H2,1-14H3/p+1. The Morgan fingerprint density at radius 2 is 1.37 bits per heavy atom. The van der Waals surface area contributed by atoms with E-state index in [2.05, 4.69) is 0 Å². The first-order valence-corrected chi connectivity index (χ1v) is 22.6. The van der Waals surface area contributed by atoms with Crippen LogP contribution in [0.3, 0.4) is 0 Å². The first kappa shape index (κ1) is 55.6. The van der Waals surface area contributed by atoms with Crippen molar-refractivity contribution in [1.29, 1.82) is 0 Å². The number of Topliss-reactive ketones (excluding diaryl/α,β-unsaturated/α-hetero) is 1. The fourth-order valence-electron chi connectivity index (χ4n) is 10.5. The first-order valence-electron chi connectivity index (χ1n) is 22.6. The van der Waals surface area contributed by atoms with Crippen molar-refractivity contribution in [3.63, 3.8) is 0 Å². The number of carbonyl (C=O) groups excluding carboxylic acids is 2. The normalized spacial score (nSPS) is 50.0. The Hall–Kier alpha value is -2.03. The lowest BCUT2D eigenvalue weighted by atomic mass is 9.73. The van der Waals surface area contributed by atoms with Crippen LogP contribution in [0.1, 0.15) is 88.5 Å². The Balaban J connectivity index is 1.89. The summed E-state index contributed by atoms with van der Waals surface area (Å²) in [5.41, 5.74) is -5.26. The van der Waals surface area contributed by atoms with E-state index < -0.39 is 167 Å². The van der Waals surface area contributed by atoms with Crippen molar-refractivity contribution >= 4 is 17.7 Å². The molecule has 0 spiro atoms. The molecule has 21 nitrogen and oxygen atoms in total. The minimum absolute atomic E-state index is 0.0319. The van der Waals surface area contributed by atoms with Gasteiger partial charge in [-0.2, -0.15) is 0 Å². The Kier molecular flexibility index (Phi) is 17.9. The van der Waals surface area contributed by atoms with E-state index in [9.17, 15) is 60.3 Å². The Morgan fingerprint density at radius 1 is 0.769 bits per heavy atom. The fraction of sp³-hybridized carbons (Fsp3) is 0.932. The molecule has 21 heteroatoms. The molecule has 0 radical (unpaired) electrons. The van der Waals surface area contributed by atoms with E-state index >= 15 is 0 Å². The van der Waals surface area contributed by atoms with Gasteiger partial charge in [0.15, 0.2) is 30.9 Å². The third kappa shape index (κ3) is 10.6. The molecule has 4 fully saturated rings. The molecule has 0 aromatic rings. The zero-order chi connectivity index (χ0) is 49.6. The second-order valence-corrected chi connectivity index (χ2v) is 20.1. The predicted octanol–water partition coefficient (Wildman–Crippen LogP) is -1.18. The van der Waals surface area contributed by atoms with Crippen LogP contribution in [0.25, 0.3) is 0 Å². The molecule has 4 saturated heterocycles. The molecule has 0 amide bonds. The summed E-state index contributed by atoms with van der Waals surface area (Å²) in [5.74, 6) is -7.33. The number of cyclic esters (lactones) is 1. The number of likely N-dealkylation sites (N-methyl/N-ethyl adjacent to an activating group) is 1. The van der Waals surface area contributed by atoms with E-state index in [1.807, 2.05) is 0 Å². The molecule has 0 aromatic carbocycles. The molecule has 4 heterocycles. The van der Waals surface area contributed by atoms with E-state index in [0.29, 0.717) is 0 Å². The van der Waals surface area contributed by atoms with Gasteiger partial charge < -0.3 is 83.9 Å². The molecule has 24 atom stereocenters. The zero-order valence-corrected chi connectivity index (χ0v) is 40.2. The minimum Gasteiger partial charge on any atom is -0.479 e. The number of carboxylic acid groups (broad SMARTS) is 1. The summed E-state index contributed by atoms with van der Waals surface area (Å²) in [6.45, 7) is 15.5. The van der Waals surface area contributed by atoms with E-state index in [-0.39, 0.29) is 19.3 Å². The molecule has 0 bridgehead atoms. The van der Waals surface area contributed by atoms with Gasteiger partial charge in [0.05, 0.1) is 56.1 Å². The molecule has 4 aliphatic rings. The third-order valence-electron chi connectivity index (χ3n) is 15.1. The number of aliphatic hydroxyl groups excluding tert-OH is 7. The van der Waals surface area contributed by atoms with Crippen LogP contribution in [0, 0.1) is 23.7 Å². The quantitative estimate of drug-likeness (QED) is 0.0920. The van der Waals surface area contributed by atoms with Crippen molar-refractivity contribution < 1.29 is 103 Å². The number of nitrogens with zero attached hydrogens (tertiary/aromatic N) is 1. The summed E-state index contributed by atoms with van der Waals surface area (Å²) in [6.07, 6.45) is -24.0. The van der Waals surface area contributed by atoms with Crippen LogP contribution in [0.4, 0.5) is 0 Å². The number of aliphatic carboxylic acids is 1. The van der Waals surface area contributed by atoms with Gasteiger partial charge in [-0.05, 0) is 54.4 Å². The highest BCUT2D eigenvalue weighted by Gasteiger charge is 2.60. The van der Waals surface area contributed by atoms with Crippen LogP contribution in [-0.4, -0.2) is 217 Å². The van der Waals surface area contributed by atoms with Gasteiger partial charge in [-0.15, -0.1) is 0 Å². The molecule has 65 heavy (non-hydrogen) atoms.